The largest absolute Gasteiger partial charge is 0.480 e. The maximum atomic E-state index is 11.2. The van der Waals surface area contributed by atoms with Gasteiger partial charge in [0.15, 0.2) is 12.9 Å². The van der Waals surface area contributed by atoms with Crippen molar-refractivity contribution in [3.05, 3.63) is 24.0 Å². The van der Waals surface area contributed by atoms with Crippen molar-refractivity contribution in [3.8, 4) is 5.75 Å². The molecular formula is C12H15NO4. The predicted octanol–water partition coefficient (Wildman–Crippen LogP) is 1.62. The lowest BCUT2D eigenvalue weighted by atomic mass is 10.4. The Morgan fingerprint density at radius 1 is 1.47 bits per heavy atom. The number of carbonyl (C=O) groups excluding carboxylic acids is 2. The highest BCUT2D eigenvalue weighted by Crippen LogP contribution is 2.08. The summed E-state index contributed by atoms with van der Waals surface area (Å²) in [5.74, 6) is 0.0287. The fourth-order valence-corrected chi connectivity index (χ4v) is 1.06. The van der Waals surface area contributed by atoms with E-state index in [0.717, 1.165) is 12.8 Å². The lowest BCUT2D eigenvalue weighted by molar-refractivity contribution is -0.146. The number of ether oxygens (including phenoxy) is 2. The first-order chi connectivity index (χ1) is 8.26. The smallest absolute Gasteiger partial charge is 0.344 e. The zero-order valence-corrected chi connectivity index (χ0v) is 9.72. The summed E-state index contributed by atoms with van der Waals surface area (Å²) in [5.41, 5.74) is 0.322. The van der Waals surface area contributed by atoms with Crippen molar-refractivity contribution in [2.45, 2.75) is 19.8 Å². The summed E-state index contributed by atoms with van der Waals surface area (Å²) in [5, 5.41) is 0. The molecule has 5 heteroatoms. The molecule has 1 aromatic rings. The van der Waals surface area contributed by atoms with E-state index in [4.69, 9.17) is 9.47 Å². The summed E-state index contributed by atoms with van der Waals surface area (Å²) in [6, 6.07) is 3.10. The molecule has 0 aliphatic rings. The number of carbonyl (C=O) groups is 2. The van der Waals surface area contributed by atoms with Gasteiger partial charge in [-0.15, -0.1) is 0 Å². The molecule has 0 spiro atoms. The first kappa shape index (κ1) is 13.2. The third-order valence-electron chi connectivity index (χ3n) is 2.00. The molecule has 0 aliphatic heterocycles. The van der Waals surface area contributed by atoms with Crippen LogP contribution in [0.25, 0.3) is 0 Å². The molecule has 0 bridgehead atoms. The van der Waals surface area contributed by atoms with Crippen LogP contribution in [0.1, 0.15) is 30.3 Å². The highest BCUT2D eigenvalue weighted by atomic mass is 16.6. The van der Waals surface area contributed by atoms with E-state index in [1.807, 2.05) is 6.92 Å². The molecule has 5 nitrogen and oxygen atoms in total. The van der Waals surface area contributed by atoms with Crippen LogP contribution in [0.5, 0.6) is 5.75 Å². The van der Waals surface area contributed by atoms with Crippen LogP contribution in [0.2, 0.25) is 0 Å². The van der Waals surface area contributed by atoms with Gasteiger partial charge in [-0.2, -0.15) is 0 Å². The monoisotopic (exact) mass is 237 g/mol. The average molecular weight is 237 g/mol. The quantitative estimate of drug-likeness (QED) is 0.409. The summed E-state index contributed by atoms with van der Waals surface area (Å²) in [6.45, 7) is 2.29. The van der Waals surface area contributed by atoms with E-state index >= 15 is 0 Å². The Bertz CT molecular complexity index is 361. The Balaban J connectivity index is 2.29. The van der Waals surface area contributed by atoms with Crippen molar-refractivity contribution in [1.82, 2.24) is 4.98 Å². The van der Waals surface area contributed by atoms with Gasteiger partial charge in [0.1, 0.15) is 11.4 Å². The second kappa shape index (κ2) is 7.38. The van der Waals surface area contributed by atoms with Crippen LogP contribution in [0.4, 0.5) is 0 Å². The van der Waals surface area contributed by atoms with Crippen LogP contribution >= 0.6 is 0 Å². The minimum absolute atomic E-state index is 0.147. The number of esters is 1. The molecule has 0 aromatic carbocycles. The maximum absolute atomic E-state index is 11.2. The molecule has 0 amide bonds. The zero-order valence-electron chi connectivity index (χ0n) is 9.72. The molecule has 0 atom stereocenters. The van der Waals surface area contributed by atoms with E-state index in [0.29, 0.717) is 24.3 Å². The number of pyridine rings is 1. The highest BCUT2D eigenvalue weighted by molar-refractivity contribution is 5.72. The summed E-state index contributed by atoms with van der Waals surface area (Å²) in [6.07, 6.45) is 3.86. The van der Waals surface area contributed by atoms with Crippen molar-refractivity contribution < 1.29 is 19.1 Å². The number of hydrogen-bond acceptors (Lipinski definition) is 5. The molecule has 0 saturated carbocycles. The number of rotatable bonds is 7. The average Bonchev–Trinajstić information content (AvgIpc) is 2.37. The Labute approximate surface area is 99.8 Å². The number of aromatic nitrogens is 1. The Morgan fingerprint density at radius 3 is 2.88 bits per heavy atom. The molecule has 0 aliphatic carbocycles. The van der Waals surface area contributed by atoms with Gasteiger partial charge in [-0.25, -0.2) is 9.78 Å². The van der Waals surface area contributed by atoms with E-state index in [-0.39, 0.29) is 6.61 Å². The molecule has 0 unspecified atom stereocenters. The molecule has 1 aromatic heterocycles. The molecule has 0 fully saturated rings. The number of hydrogen-bond donors (Lipinski definition) is 0. The maximum Gasteiger partial charge on any atom is 0.344 e. The van der Waals surface area contributed by atoms with E-state index < -0.39 is 5.97 Å². The van der Waals surface area contributed by atoms with Crippen LogP contribution in [-0.4, -0.2) is 30.5 Å². The molecular weight excluding hydrogens is 222 g/mol. The van der Waals surface area contributed by atoms with Gasteiger partial charge < -0.3 is 9.47 Å². The van der Waals surface area contributed by atoms with E-state index in [1.54, 1.807) is 6.07 Å². The normalized spacial score (nSPS) is 9.71. The molecule has 0 radical (unpaired) electrons. The number of nitrogens with zero attached hydrogens (tertiary/aromatic N) is 1. The number of aldehydes is 1. The Morgan fingerprint density at radius 2 is 2.29 bits per heavy atom. The predicted molar refractivity (Wildman–Crippen MR) is 61.0 cm³/mol. The first-order valence-corrected chi connectivity index (χ1v) is 5.46. The lowest BCUT2D eigenvalue weighted by Gasteiger charge is -2.06. The third-order valence-corrected chi connectivity index (χ3v) is 2.00. The van der Waals surface area contributed by atoms with Gasteiger partial charge in [-0.05, 0) is 18.6 Å². The van der Waals surface area contributed by atoms with E-state index in [1.165, 1.54) is 12.3 Å². The lowest BCUT2D eigenvalue weighted by Crippen LogP contribution is -2.15. The second-order valence-corrected chi connectivity index (χ2v) is 3.40. The molecule has 17 heavy (non-hydrogen) atoms. The summed E-state index contributed by atoms with van der Waals surface area (Å²) >= 11 is 0. The van der Waals surface area contributed by atoms with Gasteiger partial charge in [-0.1, -0.05) is 13.3 Å². The Kier molecular flexibility index (Phi) is 5.71. The highest BCUT2D eigenvalue weighted by Gasteiger charge is 2.04. The minimum atomic E-state index is -0.405. The van der Waals surface area contributed by atoms with Crippen molar-refractivity contribution in [2.24, 2.45) is 0 Å². The van der Waals surface area contributed by atoms with Gasteiger partial charge in [0, 0.05) is 0 Å². The second-order valence-electron chi connectivity index (χ2n) is 3.40. The molecule has 0 N–H and O–H groups in total. The Hall–Kier alpha value is -1.91. The van der Waals surface area contributed by atoms with Gasteiger partial charge in [0.25, 0.3) is 0 Å². The minimum Gasteiger partial charge on any atom is -0.480 e. The van der Waals surface area contributed by atoms with Gasteiger partial charge >= 0.3 is 5.97 Å². The zero-order chi connectivity index (χ0) is 12.5. The van der Waals surface area contributed by atoms with Crippen molar-refractivity contribution >= 4 is 12.3 Å². The van der Waals surface area contributed by atoms with Crippen LogP contribution in [0.3, 0.4) is 0 Å². The fraction of sp³-hybridized carbons (Fsp3) is 0.417. The SMILES string of the molecule is CCCCOC(=O)COc1ccc(C=O)nc1. The van der Waals surface area contributed by atoms with E-state index in [9.17, 15) is 9.59 Å². The van der Waals surface area contributed by atoms with Gasteiger partial charge in [0.05, 0.1) is 12.8 Å². The summed E-state index contributed by atoms with van der Waals surface area (Å²) < 4.78 is 10.1. The first-order valence-electron chi connectivity index (χ1n) is 5.46. The molecule has 0 saturated heterocycles. The molecule has 92 valence electrons. The van der Waals surface area contributed by atoms with Crippen molar-refractivity contribution in [1.29, 1.82) is 0 Å². The standard InChI is InChI=1S/C12H15NO4/c1-2-3-6-16-12(15)9-17-11-5-4-10(8-14)13-7-11/h4-5,7-8H,2-3,6,9H2,1H3. The van der Waals surface area contributed by atoms with Crippen LogP contribution in [-0.2, 0) is 9.53 Å². The molecule has 1 heterocycles. The summed E-state index contributed by atoms with van der Waals surface area (Å²) in [7, 11) is 0. The topological polar surface area (TPSA) is 65.5 Å². The molecule has 1 rings (SSSR count). The van der Waals surface area contributed by atoms with Gasteiger partial charge in [-0.3, -0.25) is 4.79 Å². The number of unbranched alkanes of at least 4 members (excludes halogenated alkanes) is 1. The van der Waals surface area contributed by atoms with Crippen LogP contribution < -0.4 is 4.74 Å². The van der Waals surface area contributed by atoms with Crippen molar-refractivity contribution in [2.75, 3.05) is 13.2 Å². The van der Waals surface area contributed by atoms with Crippen molar-refractivity contribution in [3.63, 3.8) is 0 Å². The third kappa shape index (κ3) is 5.10. The van der Waals surface area contributed by atoms with Crippen LogP contribution in [0, 0.1) is 0 Å². The fourth-order valence-electron chi connectivity index (χ4n) is 1.06. The van der Waals surface area contributed by atoms with E-state index in [2.05, 4.69) is 4.98 Å². The van der Waals surface area contributed by atoms with Crippen LogP contribution in [0.15, 0.2) is 18.3 Å². The van der Waals surface area contributed by atoms with Gasteiger partial charge in [0.2, 0.25) is 0 Å². The summed E-state index contributed by atoms with van der Waals surface area (Å²) in [4.78, 5) is 25.3.